The third-order valence-electron chi connectivity index (χ3n) is 1.66. The van der Waals surface area contributed by atoms with Crippen molar-refractivity contribution in [2.75, 3.05) is 0 Å². The first-order valence-corrected chi connectivity index (χ1v) is 4.02. The minimum Gasteiger partial charge on any atom is -0.0661 e. The average molecular weight is 123 g/mol. The van der Waals surface area contributed by atoms with Gasteiger partial charge < -0.3 is 0 Å². The molecular formula is C9H15. The van der Waals surface area contributed by atoms with Gasteiger partial charge in [-0.1, -0.05) is 25.3 Å². The van der Waals surface area contributed by atoms with Gasteiger partial charge in [-0.2, -0.15) is 0 Å². The molecule has 0 spiro atoms. The van der Waals surface area contributed by atoms with Gasteiger partial charge in [-0.05, 0) is 31.8 Å². The van der Waals surface area contributed by atoms with E-state index >= 15 is 0 Å². The molecule has 51 valence electrons. The normalized spacial score (nSPS) is 15.9. The molecule has 0 aliphatic heterocycles. The van der Waals surface area contributed by atoms with E-state index in [4.69, 9.17) is 0 Å². The largest absolute Gasteiger partial charge is 0.0661 e. The highest BCUT2D eigenvalue weighted by atomic mass is 14.1. The second-order valence-corrected chi connectivity index (χ2v) is 2.74. The molecule has 0 aromatic heterocycles. The lowest BCUT2D eigenvalue weighted by molar-refractivity contribution is 0.722. The fraction of sp³-hybridized carbons (Fsp3) is 0.778. The van der Waals surface area contributed by atoms with E-state index in [0.717, 1.165) is 0 Å². The van der Waals surface area contributed by atoms with Gasteiger partial charge in [0, 0.05) is 0 Å². The molecule has 0 heterocycles. The lowest BCUT2D eigenvalue weighted by Crippen LogP contribution is -1.70. The predicted molar refractivity (Wildman–Crippen MR) is 40.1 cm³/mol. The second-order valence-electron chi connectivity index (χ2n) is 2.74. The van der Waals surface area contributed by atoms with Gasteiger partial charge in [0.2, 0.25) is 0 Å². The second kappa shape index (κ2) is 3.71. The van der Waals surface area contributed by atoms with Crippen molar-refractivity contribution in [1.82, 2.24) is 0 Å². The first-order valence-electron chi connectivity index (χ1n) is 4.02. The topological polar surface area (TPSA) is 0 Å². The lowest BCUT2D eigenvalue weighted by atomic mass is 10.2. The molecule has 0 N–H and O–H groups in total. The van der Waals surface area contributed by atoms with Crippen molar-refractivity contribution in [1.29, 1.82) is 0 Å². The Morgan fingerprint density at radius 3 is 2.67 bits per heavy atom. The van der Waals surface area contributed by atoms with Crippen molar-refractivity contribution >= 4 is 0 Å². The van der Waals surface area contributed by atoms with Gasteiger partial charge in [0.15, 0.2) is 0 Å². The summed E-state index contributed by atoms with van der Waals surface area (Å²) >= 11 is 0. The molecule has 0 nitrogen and oxygen atoms in total. The van der Waals surface area contributed by atoms with E-state index in [1.54, 1.807) is 5.57 Å². The molecule has 1 aliphatic carbocycles. The van der Waals surface area contributed by atoms with E-state index in [-0.39, 0.29) is 0 Å². The van der Waals surface area contributed by atoms with Crippen LogP contribution in [0.25, 0.3) is 0 Å². The van der Waals surface area contributed by atoms with E-state index < -0.39 is 0 Å². The standard InChI is InChI=1S/C9H15/c1-2-3-4-5-6-9-7-8-9/h2-5,7-8H2,1H3. The summed E-state index contributed by atoms with van der Waals surface area (Å²) in [5.41, 5.74) is 1.58. The summed E-state index contributed by atoms with van der Waals surface area (Å²) in [5.74, 6) is 0. The summed E-state index contributed by atoms with van der Waals surface area (Å²) < 4.78 is 0. The van der Waals surface area contributed by atoms with Crippen LogP contribution in [-0.2, 0) is 0 Å². The molecule has 0 unspecified atom stereocenters. The zero-order valence-electron chi connectivity index (χ0n) is 6.24. The number of rotatable bonds is 4. The SMILES string of the molecule is CCCCC[C]=C1CC1. The molecule has 0 aromatic rings. The molecule has 1 fully saturated rings. The van der Waals surface area contributed by atoms with Gasteiger partial charge in [0.25, 0.3) is 0 Å². The van der Waals surface area contributed by atoms with E-state index in [1.807, 2.05) is 0 Å². The van der Waals surface area contributed by atoms with Crippen molar-refractivity contribution in [3.05, 3.63) is 11.6 Å². The maximum atomic E-state index is 3.41. The summed E-state index contributed by atoms with van der Waals surface area (Å²) in [4.78, 5) is 0. The summed E-state index contributed by atoms with van der Waals surface area (Å²) in [5, 5.41) is 0. The van der Waals surface area contributed by atoms with Crippen LogP contribution in [-0.4, -0.2) is 0 Å². The van der Waals surface area contributed by atoms with Crippen molar-refractivity contribution in [2.45, 2.75) is 45.4 Å². The molecule has 0 atom stereocenters. The van der Waals surface area contributed by atoms with Gasteiger partial charge in [0.05, 0.1) is 0 Å². The van der Waals surface area contributed by atoms with Crippen molar-refractivity contribution in [3.8, 4) is 0 Å². The highest BCUT2D eigenvalue weighted by Crippen LogP contribution is 2.27. The quantitative estimate of drug-likeness (QED) is 0.504. The lowest BCUT2D eigenvalue weighted by Gasteiger charge is -1.88. The number of unbranched alkanes of at least 4 members (excludes halogenated alkanes) is 3. The zero-order chi connectivity index (χ0) is 6.53. The van der Waals surface area contributed by atoms with Crippen LogP contribution >= 0.6 is 0 Å². The van der Waals surface area contributed by atoms with Crippen LogP contribution in [0.2, 0.25) is 0 Å². The van der Waals surface area contributed by atoms with E-state index in [1.165, 1.54) is 38.5 Å². The van der Waals surface area contributed by atoms with E-state index in [0.29, 0.717) is 0 Å². The van der Waals surface area contributed by atoms with Crippen molar-refractivity contribution in [3.63, 3.8) is 0 Å². The monoisotopic (exact) mass is 123 g/mol. The van der Waals surface area contributed by atoms with Crippen molar-refractivity contribution in [2.24, 2.45) is 0 Å². The van der Waals surface area contributed by atoms with Crippen LogP contribution in [0.4, 0.5) is 0 Å². The summed E-state index contributed by atoms with van der Waals surface area (Å²) in [6.45, 7) is 2.24. The van der Waals surface area contributed by atoms with Crippen LogP contribution in [0.1, 0.15) is 45.4 Å². The Kier molecular flexibility index (Phi) is 2.82. The van der Waals surface area contributed by atoms with Crippen LogP contribution in [0.15, 0.2) is 5.57 Å². The van der Waals surface area contributed by atoms with Gasteiger partial charge >= 0.3 is 0 Å². The summed E-state index contributed by atoms with van der Waals surface area (Å²) in [6, 6.07) is 0. The molecule has 0 amide bonds. The van der Waals surface area contributed by atoms with Crippen molar-refractivity contribution < 1.29 is 0 Å². The Bertz CT molecular complexity index is 94.6. The molecule has 0 bridgehead atoms. The molecule has 9 heavy (non-hydrogen) atoms. The van der Waals surface area contributed by atoms with Crippen LogP contribution in [0.3, 0.4) is 0 Å². The van der Waals surface area contributed by atoms with Gasteiger partial charge in [0.1, 0.15) is 0 Å². The number of hydrogen-bond donors (Lipinski definition) is 0. The van der Waals surface area contributed by atoms with Gasteiger partial charge in [-0.25, -0.2) is 0 Å². The molecule has 1 aliphatic rings. The predicted octanol–water partition coefficient (Wildman–Crippen LogP) is 3.09. The minimum atomic E-state index is 1.21. The van der Waals surface area contributed by atoms with Gasteiger partial charge in [-0.3, -0.25) is 0 Å². The molecular weight excluding hydrogens is 108 g/mol. The summed E-state index contributed by atoms with van der Waals surface area (Å²) in [6.07, 6.45) is 11.4. The number of allylic oxidation sites excluding steroid dienone is 2. The minimum absolute atomic E-state index is 1.21. The first kappa shape index (κ1) is 6.85. The molecule has 1 rings (SSSR count). The average Bonchev–Trinajstić information content (AvgIpc) is 2.63. The fourth-order valence-corrected chi connectivity index (χ4v) is 0.879. The van der Waals surface area contributed by atoms with Crippen LogP contribution in [0.5, 0.6) is 0 Å². The summed E-state index contributed by atoms with van der Waals surface area (Å²) in [7, 11) is 0. The zero-order valence-corrected chi connectivity index (χ0v) is 6.24. The maximum absolute atomic E-state index is 3.41. The fourth-order valence-electron chi connectivity index (χ4n) is 0.879. The molecule has 0 heteroatoms. The Morgan fingerprint density at radius 1 is 1.33 bits per heavy atom. The third kappa shape index (κ3) is 3.34. The van der Waals surface area contributed by atoms with Gasteiger partial charge in [-0.15, -0.1) is 0 Å². The molecule has 1 saturated carbocycles. The molecule has 1 radical (unpaired) electrons. The third-order valence-corrected chi connectivity index (χ3v) is 1.66. The highest BCUT2D eigenvalue weighted by molar-refractivity contribution is 5.11. The Morgan fingerprint density at radius 2 is 2.11 bits per heavy atom. The van der Waals surface area contributed by atoms with Crippen LogP contribution in [0, 0.1) is 6.08 Å². The Balaban J connectivity index is 1.87. The number of hydrogen-bond acceptors (Lipinski definition) is 0. The van der Waals surface area contributed by atoms with Crippen LogP contribution < -0.4 is 0 Å². The first-order chi connectivity index (χ1) is 4.43. The molecule has 0 aromatic carbocycles. The van der Waals surface area contributed by atoms with E-state index in [2.05, 4.69) is 13.0 Å². The molecule has 0 saturated heterocycles. The highest BCUT2D eigenvalue weighted by Gasteiger charge is 2.09. The Hall–Kier alpha value is -0.260. The van der Waals surface area contributed by atoms with E-state index in [9.17, 15) is 0 Å². The Labute approximate surface area is 58.0 Å². The maximum Gasteiger partial charge on any atom is -0.0277 e. The smallest absolute Gasteiger partial charge is 0.0277 e.